The Hall–Kier alpha value is -2.66. The van der Waals surface area contributed by atoms with Crippen molar-refractivity contribution in [1.29, 1.82) is 0 Å². The quantitative estimate of drug-likeness (QED) is 0.695. The van der Waals surface area contributed by atoms with E-state index in [9.17, 15) is 9.59 Å². The van der Waals surface area contributed by atoms with Crippen LogP contribution in [0.1, 0.15) is 61.1 Å². The lowest BCUT2D eigenvalue weighted by Crippen LogP contribution is -2.33. The third kappa shape index (κ3) is 6.43. The molecule has 0 aliphatic heterocycles. The zero-order valence-electron chi connectivity index (χ0n) is 18.3. The average Bonchev–Trinajstić information content (AvgIpc) is 2.68. The molecule has 0 aliphatic carbocycles. The van der Waals surface area contributed by atoms with E-state index in [1.807, 2.05) is 0 Å². The van der Waals surface area contributed by atoms with Crippen molar-refractivity contribution in [3.05, 3.63) is 65.2 Å². The average molecular weight is 396 g/mol. The highest BCUT2D eigenvalue weighted by molar-refractivity contribution is 5.96. The van der Waals surface area contributed by atoms with E-state index in [0.717, 1.165) is 0 Å². The molecule has 2 amide bonds. The molecule has 5 nitrogen and oxygen atoms in total. The van der Waals surface area contributed by atoms with Gasteiger partial charge in [-0.3, -0.25) is 9.59 Å². The Labute approximate surface area is 174 Å². The van der Waals surface area contributed by atoms with Crippen LogP contribution < -0.4 is 10.6 Å². The van der Waals surface area contributed by atoms with Crippen LogP contribution in [0.5, 0.6) is 0 Å². The van der Waals surface area contributed by atoms with Crippen molar-refractivity contribution in [2.75, 3.05) is 26.0 Å². The van der Waals surface area contributed by atoms with Crippen LogP contribution in [0.4, 0.5) is 5.69 Å². The number of carbonyl (C=O) groups excluding carboxylic acids is 2. The molecule has 2 N–H and O–H groups in total. The summed E-state index contributed by atoms with van der Waals surface area (Å²) >= 11 is 0. The molecule has 0 unspecified atom stereocenters. The van der Waals surface area contributed by atoms with Gasteiger partial charge in [-0.25, -0.2) is 0 Å². The Bertz CT molecular complexity index is 809. The zero-order valence-corrected chi connectivity index (χ0v) is 18.3. The highest BCUT2D eigenvalue weighted by atomic mass is 16.2. The maximum absolute atomic E-state index is 12.4. The smallest absolute Gasteiger partial charge is 0.253 e. The Morgan fingerprint density at radius 3 is 1.90 bits per heavy atom. The first kappa shape index (κ1) is 22.6. The van der Waals surface area contributed by atoms with E-state index in [4.69, 9.17) is 0 Å². The molecule has 0 saturated carbocycles. The minimum absolute atomic E-state index is 0.0622. The van der Waals surface area contributed by atoms with E-state index < -0.39 is 0 Å². The van der Waals surface area contributed by atoms with Crippen molar-refractivity contribution in [1.82, 2.24) is 10.2 Å². The summed E-state index contributed by atoms with van der Waals surface area (Å²) < 4.78 is 0. The lowest BCUT2D eigenvalue weighted by molar-refractivity contribution is -0.115. The van der Waals surface area contributed by atoms with E-state index >= 15 is 0 Å². The summed E-state index contributed by atoms with van der Waals surface area (Å²) in [5.74, 6) is 0.678. The fraction of sp³-hybridized carbons (Fsp3) is 0.417. The maximum atomic E-state index is 12.4. The van der Waals surface area contributed by atoms with Gasteiger partial charge in [0.2, 0.25) is 5.91 Å². The molecular weight excluding hydrogens is 362 g/mol. The van der Waals surface area contributed by atoms with Crippen LogP contribution in [0.15, 0.2) is 48.5 Å². The van der Waals surface area contributed by atoms with Crippen molar-refractivity contribution in [2.45, 2.75) is 39.7 Å². The Morgan fingerprint density at radius 2 is 1.41 bits per heavy atom. The van der Waals surface area contributed by atoms with E-state index in [1.54, 1.807) is 38.4 Å². The van der Waals surface area contributed by atoms with Gasteiger partial charge in [0, 0.05) is 31.4 Å². The molecule has 5 heteroatoms. The number of anilines is 1. The van der Waals surface area contributed by atoms with Crippen LogP contribution in [0.25, 0.3) is 0 Å². The minimum atomic E-state index is -0.110. The van der Waals surface area contributed by atoms with Crippen LogP contribution in [0, 0.1) is 5.92 Å². The summed E-state index contributed by atoms with van der Waals surface area (Å²) in [7, 11) is 3.43. The second-order valence-electron chi connectivity index (χ2n) is 8.25. The maximum Gasteiger partial charge on any atom is 0.253 e. The number of amides is 2. The summed E-state index contributed by atoms with van der Waals surface area (Å²) in [6.07, 6.45) is 0. The van der Waals surface area contributed by atoms with Crippen LogP contribution >= 0.6 is 0 Å². The van der Waals surface area contributed by atoms with Crippen molar-refractivity contribution < 1.29 is 9.59 Å². The van der Waals surface area contributed by atoms with Crippen LogP contribution in [-0.2, 0) is 4.79 Å². The van der Waals surface area contributed by atoms with Crippen molar-refractivity contribution in [2.24, 2.45) is 5.92 Å². The van der Waals surface area contributed by atoms with Gasteiger partial charge in [-0.1, -0.05) is 52.0 Å². The van der Waals surface area contributed by atoms with Crippen molar-refractivity contribution >= 4 is 17.5 Å². The van der Waals surface area contributed by atoms with Gasteiger partial charge < -0.3 is 15.5 Å². The highest BCUT2D eigenvalue weighted by Gasteiger charge is 2.17. The van der Waals surface area contributed by atoms with Gasteiger partial charge in [0.05, 0.1) is 6.54 Å². The van der Waals surface area contributed by atoms with Crippen molar-refractivity contribution in [3.63, 3.8) is 0 Å². The van der Waals surface area contributed by atoms with Crippen LogP contribution in [0.2, 0.25) is 0 Å². The summed E-state index contributed by atoms with van der Waals surface area (Å²) in [5, 5.41) is 6.26. The van der Waals surface area contributed by atoms with Crippen LogP contribution in [0.3, 0.4) is 0 Å². The van der Waals surface area contributed by atoms with E-state index in [1.165, 1.54) is 16.0 Å². The first-order valence-electron chi connectivity index (χ1n) is 10.1. The van der Waals surface area contributed by atoms with Crippen LogP contribution in [-0.4, -0.2) is 37.4 Å². The molecule has 156 valence electrons. The molecule has 0 heterocycles. The van der Waals surface area contributed by atoms with Gasteiger partial charge in [-0.2, -0.15) is 0 Å². The second kappa shape index (κ2) is 10.2. The number of benzene rings is 2. The van der Waals surface area contributed by atoms with Gasteiger partial charge in [-0.05, 0) is 47.2 Å². The first-order valence-corrected chi connectivity index (χ1v) is 10.1. The van der Waals surface area contributed by atoms with E-state index in [0.29, 0.717) is 23.1 Å². The molecule has 2 rings (SSSR count). The fourth-order valence-corrected chi connectivity index (χ4v) is 3.19. The van der Waals surface area contributed by atoms with Gasteiger partial charge in [-0.15, -0.1) is 0 Å². The van der Waals surface area contributed by atoms with Gasteiger partial charge in [0.25, 0.3) is 5.91 Å². The molecule has 0 spiro atoms. The second-order valence-corrected chi connectivity index (χ2v) is 8.25. The summed E-state index contributed by atoms with van der Waals surface area (Å²) in [6.45, 7) is 8.87. The number of hydrogen-bond acceptors (Lipinski definition) is 3. The summed E-state index contributed by atoms with van der Waals surface area (Å²) in [5.41, 5.74) is 3.76. The minimum Gasteiger partial charge on any atom is -0.345 e. The molecule has 0 bridgehead atoms. The predicted octanol–water partition coefficient (Wildman–Crippen LogP) is 4.44. The van der Waals surface area contributed by atoms with Crippen molar-refractivity contribution in [3.8, 4) is 0 Å². The largest absolute Gasteiger partial charge is 0.345 e. The van der Waals surface area contributed by atoms with E-state index in [2.05, 4.69) is 62.6 Å². The summed E-state index contributed by atoms with van der Waals surface area (Å²) in [6, 6.07) is 15.6. The SMILES string of the molecule is CC(C)c1ccc([C@H](NCC(=O)Nc2ccc(C(=O)N(C)C)cc2)C(C)C)cc1. The Kier molecular flexibility index (Phi) is 7.97. The number of rotatable bonds is 8. The number of carbonyl (C=O) groups is 2. The highest BCUT2D eigenvalue weighted by Crippen LogP contribution is 2.24. The standard InChI is InChI=1S/C24H33N3O2/c1-16(2)18-7-9-19(10-8-18)23(17(3)4)25-15-22(28)26-21-13-11-20(12-14-21)24(29)27(5)6/h7-14,16-17,23,25H,15H2,1-6H3,(H,26,28)/t23-/m1/s1. The molecule has 0 aromatic heterocycles. The monoisotopic (exact) mass is 395 g/mol. The molecule has 0 saturated heterocycles. The topological polar surface area (TPSA) is 61.4 Å². The molecular formula is C24H33N3O2. The summed E-state index contributed by atoms with van der Waals surface area (Å²) in [4.78, 5) is 25.9. The fourth-order valence-electron chi connectivity index (χ4n) is 3.19. The normalized spacial score (nSPS) is 12.1. The van der Waals surface area contributed by atoms with Gasteiger partial charge >= 0.3 is 0 Å². The van der Waals surface area contributed by atoms with Gasteiger partial charge in [0.1, 0.15) is 0 Å². The Balaban J connectivity index is 1.96. The first-order chi connectivity index (χ1) is 13.7. The number of hydrogen-bond donors (Lipinski definition) is 2. The van der Waals surface area contributed by atoms with E-state index in [-0.39, 0.29) is 24.4 Å². The zero-order chi connectivity index (χ0) is 21.6. The third-order valence-corrected chi connectivity index (χ3v) is 4.93. The molecule has 0 fully saturated rings. The third-order valence-electron chi connectivity index (χ3n) is 4.93. The number of nitrogens with zero attached hydrogens (tertiary/aromatic N) is 1. The molecule has 29 heavy (non-hydrogen) atoms. The lowest BCUT2D eigenvalue weighted by atomic mass is 9.93. The molecule has 2 aromatic rings. The number of nitrogens with one attached hydrogen (secondary N) is 2. The molecule has 0 radical (unpaired) electrons. The predicted molar refractivity (Wildman–Crippen MR) is 119 cm³/mol. The Morgan fingerprint density at radius 1 is 0.862 bits per heavy atom. The van der Waals surface area contributed by atoms with Gasteiger partial charge in [0.15, 0.2) is 0 Å². The molecule has 0 aliphatic rings. The lowest BCUT2D eigenvalue weighted by Gasteiger charge is -2.23. The molecule has 1 atom stereocenters. The molecule has 2 aromatic carbocycles.